The molecule has 1 aliphatic rings. The number of rotatable bonds is 5. The summed E-state index contributed by atoms with van der Waals surface area (Å²) in [6.07, 6.45) is 2.75. The van der Waals surface area contributed by atoms with Crippen molar-refractivity contribution >= 4 is 38.4 Å². The number of aromatic amines is 1. The van der Waals surface area contributed by atoms with Crippen molar-refractivity contribution in [2.75, 3.05) is 0 Å². The standard InChI is InChI=1S/C29H27FN4O2S/c1-17-31-25-11-8-18(14-26(25)37-17)27-22-13-19(9-10-24(22)33-34-27)28(35)32-21-6-4-12-29(36,16-21)15-20-5-2-3-7-23(20)30/h2-3,5,7-11,13-14,21,36H,4,6,12,15-16H2,1H3,(H,32,35)(H,33,34)/t21-,29-/m1/s1. The smallest absolute Gasteiger partial charge is 0.251 e. The van der Waals surface area contributed by atoms with Crippen molar-refractivity contribution < 1.29 is 14.3 Å². The van der Waals surface area contributed by atoms with Crippen LogP contribution < -0.4 is 5.32 Å². The fourth-order valence-electron chi connectivity index (χ4n) is 5.45. The molecule has 37 heavy (non-hydrogen) atoms. The number of fused-ring (bicyclic) bond motifs is 2. The van der Waals surface area contributed by atoms with Gasteiger partial charge in [0.25, 0.3) is 5.91 Å². The normalized spacial score (nSPS) is 19.9. The lowest BCUT2D eigenvalue weighted by Gasteiger charge is -2.37. The highest BCUT2D eigenvalue weighted by Gasteiger charge is 2.35. The Morgan fingerprint density at radius 1 is 1.22 bits per heavy atom. The second-order valence-corrected chi connectivity index (χ2v) is 11.2. The number of amides is 1. The van der Waals surface area contributed by atoms with E-state index in [9.17, 15) is 14.3 Å². The maximum Gasteiger partial charge on any atom is 0.251 e. The van der Waals surface area contributed by atoms with Crippen LogP contribution in [0.1, 0.15) is 46.6 Å². The topological polar surface area (TPSA) is 90.9 Å². The summed E-state index contributed by atoms with van der Waals surface area (Å²) in [7, 11) is 0. The van der Waals surface area contributed by atoms with Crippen molar-refractivity contribution in [3.63, 3.8) is 0 Å². The summed E-state index contributed by atoms with van der Waals surface area (Å²) in [5.41, 5.74) is 3.56. The van der Waals surface area contributed by atoms with Crippen LogP contribution >= 0.6 is 11.3 Å². The molecule has 0 radical (unpaired) electrons. The van der Waals surface area contributed by atoms with Crippen LogP contribution in [0.2, 0.25) is 0 Å². The van der Waals surface area contributed by atoms with Gasteiger partial charge in [0, 0.05) is 29.0 Å². The number of hydrogen-bond donors (Lipinski definition) is 3. The summed E-state index contributed by atoms with van der Waals surface area (Å²) in [5, 5.41) is 23.8. The van der Waals surface area contributed by atoms with Crippen molar-refractivity contribution in [1.29, 1.82) is 0 Å². The fourth-order valence-corrected chi connectivity index (χ4v) is 6.32. The molecule has 5 aromatic rings. The Hall–Kier alpha value is -3.62. The molecule has 188 valence electrons. The second-order valence-electron chi connectivity index (χ2n) is 10.0. The Labute approximate surface area is 217 Å². The zero-order valence-electron chi connectivity index (χ0n) is 20.4. The van der Waals surface area contributed by atoms with Crippen molar-refractivity contribution in [2.45, 2.75) is 50.7 Å². The summed E-state index contributed by atoms with van der Waals surface area (Å²) in [6.45, 7) is 1.99. The Balaban J connectivity index is 1.21. The van der Waals surface area contributed by atoms with Crippen LogP contribution in [0.5, 0.6) is 0 Å². The number of aromatic nitrogens is 3. The summed E-state index contributed by atoms with van der Waals surface area (Å²) in [4.78, 5) is 17.8. The van der Waals surface area contributed by atoms with Crippen molar-refractivity contribution in [3.8, 4) is 11.3 Å². The predicted octanol–water partition coefficient (Wildman–Crippen LogP) is 5.93. The molecule has 2 heterocycles. The summed E-state index contributed by atoms with van der Waals surface area (Å²) >= 11 is 1.64. The van der Waals surface area contributed by atoms with Crippen molar-refractivity contribution in [1.82, 2.24) is 20.5 Å². The Morgan fingerprint density at radius 2 is 2.08 bits per heavy atom. The van der Waals surface area contributed by atoms with Gasteiger partial charge in [0.15, 0.2) is 0 Å². The molecule has 2 aromatic heterocycles. The van der Waals surface area contributed by atoms with E-state index >= 15 is 0 Å². The van der Waals surface area contributed by atoms with E-state index < -0.39 is 5.60 Å². The number of nitrogens with zero attached hydrogens (tertiary/aromatic N) is 2. The highest BCUT2D eigenvalue weighted by atomic mass is 32.1. The van der Waals surface area contributed by atoms with E-state index in [4.69, 9.17) is 0 Å². The number of hydrogen-bond acceptors (Lipinski definition) is 5. The average Bonchev–Trinajstić information content (AvgIpc) is 3.46. The number of aliphatic hydroxyl groups is 1. The predicted molar refractivity (Wildman–Crippen MR) is 144 cm³/mol. The van der Waals surface area contributed by atoms with E-state index in [-0.39, 0.29) is 24.2 Å². The number of halogens is 1. The SMILES string of the molecule is Cc1nc2ccc(-c3n[nH]c4ccc(C(=O)N[C@@H]5CCC[C@@](O)(Cc6ccccc6F)C5)cc34)cc2s1. The maximum atomic E-state index is 14.2. The molecule has 1 saturated carbocycles. The van der Waals surface area contributed by atoms with Crippen molar-refractivity contribution in [3.05, 3.63) is 82.6 Å². The number of benzene rings is 3. The van der Waals surface area contributed by atoms with Gasteiger partial charge < -0.3 is 10.4 Å². The lowest BCUT2D eigenvalue weighted by atomic mass is 9.78. The molecule has 8 heteroatoms. The van der Waals surface area contributed by atoms with Gasteiger partial charge in [-0.2, -0.15) is 5.10 Å². The third-order valence-corrected chi connectivity index (χ3v) is 8.16. The van der Waals surface area contributed by atoms with E-state index in [0.29, 0.717) is 24.0 Å². The van der Waals surface area contributed by atoms with Gasteiger partial charge in [0.2, 0.25) is 0 Å². The first-order chi connectivity index (χ1) is 17.9. The molecule has 3 N–H and O–H groups in total. The number of aryl methyl sites for hydroxylation is 1. The third kappa shape index (κ3) is 4.74. The monoisotopic (exact) mass is 514 g/mol. The van der Waals surface area contributed by atoms with E-state index in [1.165, 1.54) is 6.07 Å². The van der Waals surface area contributed by atoms with Gasteiger partial charge in [-0.25, -0.2) is 9.37 Å². The molecule has 0 saturated heterocycles. The molecule has 1 aliphatic carbocycles. The number of H-pyrrole nitrogens is 1. The minimum atomic E-state index is -1.05. The van der Waals surface area contributed by atoms with E-state index in [0.717, 1.165) is 50.2 Å². The molecule has 0 bridgehead atoms. The van der Waals surface area contributed by atoms with Gasteiger partial charge in [-0.15, -0.1) is 11.3 Å². The molecular formula is C29H27FN4O2S. The maximum absolute atomic E-state index is 14.2. The zero-order chi connectivity index (χ0) is 25.6. The first kappa shape index (κ1) is 23.8. The molecule has 3 aromatic carbocycles. The molecule has 0 unspecified atom stereocenters. The summed E-state index contributed by atoms with van der Waals surface area (Å²) in [6, 6.07) is 18.0. The molecular weight excluding hydrogens is 487 g/mol. The van der Waals surface area contributed by atoms with Gasteiger partial charge in [-0.05, 0) is 74.6 Å². The minimum absolute atomic E-state index is 0.186. The van der Waals surface area contributed by atoms with Crippen LogP contribution in [0, 0.1) is 12.7 Å². The van der Waals surface area contributed by atoms with Crippen LogP contribution in [0.25, 0.3) is 32.4 Å². The van der Waals surface area contributed by atoms with Gasteiger partial charge in [0.1, 0.15) is 5.82 Å². The zero-order valence-corrected chi connectivity index (χ0v) is 21.2. The first-order valence-electron chi connectivity index (χ1n) is 12.5. The minimum Gasteiger partial charge on any atom is -0.389 e. The average molecular weight is 515 g/mol. The number of carbonyl (C=O) groups is 1. The van der Waals surface area contributed by atoms with E-state index in [1.807, 2.05) is 31.2 Å². The van der Waals surface area contributed by atoms with Gasteiger partial charge >= 0.3 is 0 Å². The molecule has 0 spiro atoms. The Morgan fingerprint density at radius 3 is 2.95 bits per heavy atom. The largest absolute Gasteiger partial charge is 0.389 e. The lowest BCUT2D eigenvalue weighted by molar-refractivity contribution is -0.00685. The molecule has 6 nitrogen and oxygen atoms in total. The van der Waals surface area contributed by atoms with E-state index in [2.05, 4.69) is 26.6 Å². The van der Waals surface area contributed by atoms with Crippen LogP contribution in [0.4, 0.5) is 4.39 Å². The van der Waals surface area contributed by atoms with E-state index in [1.54, 1.807) is 35.6 Å². The molecule has 6 rings (SSSR count). The number of carbonyl (C=O) groups excluding carboxylic acids is 1. The molecule has 1 amide bonds. The van der Waals surface area contributed by atoms with Gasteiger partial charge in [-0.3, -0.25) is 9.89 Å². The molecule has 2 atom stereocenters. The van der Waals surface area contributed by atoms with Crippen LogP contribution in [-0.4, -0.2) is 37.8 Å². The molecule has 1 fully saturated rings. The third-order valence-electron chi connectivity index (χ3n) is 7.23. The van der Waals surface area contributed by atoms with Gasteiger partial charge in [-0.1, -0.05) is 24.3 Å². The summed E-state index contributed by atoms with van der Waals surface area (Å²) < 4.78 is 15.3. The van der Waals surface area contributed by atoms with Gasteiger partial charge in [0.05, 0.1) is 32.0 Å². The number of thiazole rings is 1. The van der Waals surface area contributed by atoms with Crippen LogP contribution in [0.3, 0.4) is 0 Å². The van der Waals surface area contributed by atoms with Crippen LogP contribution in [0.15, 0.2) is 60.7 Å². The van der Waals surface area contributed by atoms with Crippen LogP contribution in [-0.2, 0) is 6.42 Å². The Kier molecular flexibility index (Phi) is 6.01. The summed E-state index contributed by atoms with van der Waals surface area (Å²) in [5.74, 6) is -0.501. The number of nitrogens with one attached hydrogen (secondary N) is 2. The highest BCUT2D eigenvalue weighted by Crippen LogP contribution is 2.34. The fraction of sp³-hybridized carbons (Fsp3) is 0.276. The van der Waals surface area contributed by atoms with Crippen molar-refractivity contribution in [2.24, 2.45) is 0 Å². The first-order valence-corrected chi connectivity index (χ1v) is 13.3. The Bertz CT molecular complexity index is 1630. The second kappa shape index (κ2) is 9.36. The highest BCUT2D eigenvalue weighted by molar-refractivity contribution is 7.18. The molecule has 0 aliphatic heterocycles. The lowest BCUT2D eigenvalue weighted by Crippen LogP contribution is -2.46. The quantitative estimate of drug-likeness (QED) is 0.271.